The lowest BCUT2D eigenvalue weighted by Crippen LogP contribution is -2.46. The molecule has 1 aliphatic rings. The van der Waals surface area contributed by atoms with Gasteiger partial charge in [0, 0.05) is 51.8 Å². The molecule has 8 heteroatoms. The zero-order valence-electron chi connectivity index (χ0n) is 15.5. The normalized spacial score (nSPS) is 14.6. The summed E-state index contributed by atoms with van der Waals surface area (Å²) in [5, 5.41) is 11.1. The lowest BCUT2D eigenvalue weighted by molar-refractivity contribution is -0.385. The first-order valence-corrected chi connectivity index (χ1v) is 8.89. The molecule has 2 aromatic carbocycles. The van der Waals surface area contributed by atoms with Crippen LogP contribution in [0.1, 0.15) is 22.3 Å². The Morgan fingerprint density at radius 1 is 0.893 bits per heavy atom. The first-order valence-electron chi connectivity index (χ1n) is 8.89. The second-order valence-corrected chi connectivity index (χ2v) is 6.55. The van der Waals surface area contributed by atoms with Crippen molar-refractivity contribution in [1.82, 2.24) is 9.80 Å². The van der Waals surface area contributed by atoms with Crippen molar-refractivity contribution in [2.24, 2.45) is 0 Å². The van der Waals surface area contributed by atoms with Crippen molar-refractivity contribution in [1.29, 1.82) is 0 Å². The predicted molar refractivity (Wildman–Crippen MR) is 115 cm³/mol. The smallest absolute Gasteiger partial charge is 0.280 e. The maximum Gasteiger partial charge on any atom is 0.280 e. The number of ketones is 1. The molecule has 2 aromatic rings. The second-order valence-electron chi connectivity index (χ2n) is 6.55. The SMILES string of the molecule is Cl.Cl.O=C(CCN1CCN(Cc2ccccc2)CC1)c1ccccc1[N+](=O)[O-]. The standard InChI is InChI=1S/C20H23N3O3.2ClH/c24-20(18-8-4-5-9-19(18)23(25)26)10-11-21-12-14-22(15-13-21)16-17-6-2-1-3-7-17;;/h1-9H,10-16H2;2*1H. The molecule has 6 nitrogen and oxygen atoms in total. The highest BCUT2D eigenvalue weighted by Crippen LogP contribution is 2.19. The molecule has 152 valence electrons. The van der Waals surface area contributed by atoms with Gasteiger partial charge in [-0.3, -0.25) is 19.8 Å². The Balaban J connectivity index is 0.00000196. The lowest BCUT2D eigenvalue weighted by Gasteiger charge is -2.34. The number of halogens is 2. The number of rotatable bonds is 7. The van der Waals surface area contributed by atoms with E-state index in [2.05, 4.69) is 34.1 Å². The molecular weight excluding hydrogens is 401 g/mol. The molecular formula is C20H25Cl2N3O3. The van der Waals surface area contributed by atoms with E-state index in [0.717, 1.165) is 32.7 Å². The average Bonchev–Trinajstić information content (AvgIpc) is 2.68. The van der Waals surface area contributed by atoms with Gasteiger partial charge in [0.25, 0.3) is 5.69 Å². The quantitative estimate of drug-likeness (QED) is 0.383. The minimum Gasteiger partial charge on any atom is -0.300 e. The second kappa shape index (κ2) is 11.8. The Morgan fingerprint density at radius 3 is 2.11 bits per heavy atom. The zero-order valence-corrected chi connectivity index (χ0v) is 17.2. The number of nitro groups is 1. The first kappa shape index (κ1) is 24.0. The van der Waals surface area contributed by atoms with Gasteiger partial charge in [0.05, 0.1) is 10.5 Å². The van der Waals surface area contributed by atoms with Gasteiger partial charge in [-0.1, -0.05) is 42.5 Å². The van der Waals surface area contributed by atoms with E-state index in [-0.39, 0.29) is 41.8 Å². The highest BCUT2D eigenvalue weighted by atomic mass is 35.5. The maximum atomic E-state index is 12.4. The summed E-state index contributed by atoms with van der Waals surface area (Å²) in [5.41, 5.74) is 1.41. The van der Waals surface area contributed by atoms with Crippen LogP contribution >= 0.6 is 24.8 Å². The van der Waals surface area contributed by atoms with Crippen LogP contribution in [0.15, 0.2) is 54.6 Å². The van der Waals surface area contributed by atoms with Gasteiger partial charge in [0.1, 0.15) is 0 Å². The van der Waals surface area contributed by atoms with Crippen molar-refractivity contribution in [3.8, 4) is 0 Å². The molecule has 0 spiro atoms. The van der Waals surface area contributed by atoms with Crippen LogP contribution in [-0.4, -0.2) is 53.2 Å². The third-order valence-corrected chi connectivity index (χ3v) is 4.77. The van der Waals surface area contributed by atoms with Crippen molar-refractivity contribution in [3.05, 3.63) is 75.8 Å². The maximum absolute atomic E-state index is 12.4. The number of carbonyl (C=O) groups excluding carboxylic acids is 1. The van der Waals surface area contributed by atoms with E-state index >= 15 is 0 Å². The molecule has 1 heterocycles. The van der Waals surface area contributed by atoms with Crippen LogP contribution < -0.4 is 0 Å². The number of benzene rings is 2. The van der Waals surface area contributed by atoms with E-state index in [9.17, 15) is 14.9 Å². The van der Waals surface area contributed by atoms with Crippen LogP contribution in [0.3, 0.4) is 0 Å². The molecule has 0 radical (unpaired) electrons. The van der Waals surface area contributed by atoms with E-state index in [4.69, 9.17) is 0 Å². The summed E-state index contributed by atoms with van der Waals surface area (Å²) >= 11 is 0. The fraction of sp³-hybridized carbons (Fsp3) is 0.350. The van der Waals surface area contributed by atoms with Crippen LogP contribution in [0.4, 0.5) is 5.69 Å². The summed E-state index contributed by atoms with van der Waals surface area (Å²) in [6.07, 6.45) is 0.309. The van der Waals surface area contributed by atoms with E-state index in [1.165, 1.54) is 17.7 Å². The zero-order chi connectivity index (χ0) is 18.4. The first-order chi connectivity index (χ1) is 12.6. The Hall–Kier alpha value is -1.99. The third-order valence-electron chi connectivity index (χ3n) is 4.77. The molecule has 0 atom stereocenters. The molecule has 0 aromatic heterocycles. The van der Waals surface area contributed by atoms with Crippen LogP contribution in [0, 0.1) is 10.1 Å². The van der Waals surface area contributed by atoms with Gasteiger partial charge in [-0.05, 0) is 11.6 Å². The van der Waals surface area contributed by atoms with Gasteiger partial charge >= 0.3 is 0 Å². The Bertz CT molecular complexity index is 766. The fourth-order valence-corrected chi connectivity index (χ4v) is 3.28. The van der Waals surface area contributed by atoms with Crippen molar-refractivity contribution in [2.45, 2.75) is 13.0 Å². The summed E-state index contributed by atoms with van der Waals surface area (Å²) in [6, 6.07) is 16.6. The summed E-state index contributed by atoms with van der Waals surface area (Å²) in [4.78, 5) is 27.6. The van der Waals surface area contributed by atoms with Crippen LogP contribution in [0.25, 0.3) is 0 Å². The molecule has 1 fully saturated rings. The molecule has 3 rings (SSSR count). The van der Waals surface area contributed by atoms with Gasteiger partial charge in [0.2, 0.25) is 0 Å². The topological polar surface area (TPSA) is 66.7 Å². The van der Waals surface area contributed by atoms with Crippen molar-refractivity contribution in [2.75, 3.05) is 32.7 Å². The molecule has 0 amide bonds. The van der Waals surface area contributed by atoms with Crippen LogP contribution in [-0.2, 0) is 6.54 Å². The lowest BCUT2D eigenvalue weighted by atomic mass is 10.1. The minimum atomic E-state index is -0.490. The highest BCUT2D eigenvalue weighted by Gasteiger charge is 2.21. The Morgan fingerprint density at radius 2 is 1.46 bits per heavy atom. The fourth-order valence-electron chi connectivity index (χ4n) is 3.28. The number of piperazine rings is 1. The van der Waals surface area contributed by atoms with Crippen molar-refractivity contribution < 1.29 is 9.72 Å². The van der Waals surface area contributed by atoms with Gasteiger partial charge in [0.15, 0.2) is 5.78 Å². The minimum absolute atomic E-state index is 0. The van der Waals surface area contributed by atoms with Crippen LogP contribution in [0.5, 0.6) is 0 Å². The molecule has 28 heavy (non-hydrogen) atoms. The molecule has 1 aliphatic heterocycles. The third kappa shape index (κ3) is 6.56. The van der Waals surface area contributed by atoms with Gasteiger partial charge in [-0.25, -0.2) is 0 Å². The molecule has 0 bridgehead atoms. The van der Waals surface area contributed by atoms with Gasteiger partial charge in [-0.15, -0.1) is 24.8 Å². The summed E-state index contributed by atoms with van der Waals surface area (Å²) in [6.45, 7) is 5.35. The largest absolute Gasteiger partial charge is 0.300 e. The number of para-hydroxylation sites is 1. The molecule has 0 unspecified atom stereocenters. The number of nitrogens with zero attached hydrogens (tertiary/aromatic N) is 3. The Labute approximate surface area is 177 Å². The highest BCUT2D eigenvalue weighted by molar-refractivity contribution is 5.99. The number of hydrogen-bond donors (Lipinski definition) is 0. The van der Waals surface area contributed by atoms with E-state index in [0.29, 0.717) is 13.0 Å². The monoisotopic (exact) mass is 425 g/mol. The summed E-state index contributed by atoms with van der Waals surface area (Å²) in [7, 11) is 0. The molecule has 0 aliphatic carbocycles. The number of hydrogen-bond acceptors (Lipinski definition) is 5. The number of nitro benzene ring substituents is 1. The summed E-state index contributed by atoms with van der Waals surface area (Å²) in [5.74, 6) is -0.163. The van der Waals surface area contributed by atoms with E-state index in [1.807, 2.05) is 6.07 Å². The van der Waals surface area contributed by atoms with Crippen molar-refractivity contribution in [3.63, 3.8) is 0 Å². The predicted octanol–water partition coefficient (Wildman–Crippen LogP) is 3.83. The van der Waals surface area contributed by atoms with Crippen molar-refractivity contribution >= 4 is 36.3 Å². The summed E-state index contributed by atoms with van der Waals surface area (Å²) < 4.78 is 0. The van der Waals surface area contributed by atoms with E-state index in [1.54, 1.807) is 12.1 Å². The van der Waals surface area contributed by atoms with Crippen LogP contribution in [0.2, 0.25) is 0 Å². The molecule has 0 N–H and O–H groups in total. The van der Waals surface area contributed by atoms with Gasteiger partial charge in [-0.2, -0.15) is 0 Å². The number of Topliss-reactive ketones (excluding diaryl/α,β-unsaturated/α-hetero) is 1. The van der Waals surface area contributed by atoms with Gasteiger partial charge < -0.3 is 4.90 Å². The van der Waals surface area contributed by atoms with E-state index < -0.39 is 4.92 Å². The molecule has 1 saturated heterocycles. The number of carbonyl (C=O) groups is 1. The molecule has 0 saturated carbocycles. The average molecular weight is 426 g/mol. The Kier molecular flexibility index (Phi) is 10.1.